The third kappa shape index (κ3) is 2.81. The Morgan fingerprint density at radius 1 is 1.53 bits per heavy atom. The van der Waals surface area contributed by atoms with Crippen LogP contribution < -0.4 is 11.1 Å². The standard InChI is InChI=1S/C11H13N5O/c1-8-2-4-13-6-9(8)14-11(17)7-16-5-3-10(12)15-16/h2-6H,7H2,1H3,(H2,12,15)(H,14,17). The number of pyridine rings is 1. The molecule has 0 radical (unpaired) electrons. The van der Waals surface area contributed by atoms with Gasteiger partial charge in [0, 0.05) is 12.4 Å². The Morgan fingerprint density at radius 3 is 3.00 bits per heavy atom. The van der Waals surface area contributed by atoms with Crippen LogP contribution in [0.2, 0.25) is 0 Å². The van der Waals surface area contributed by atoms with Gasteiger partial charge in [0.15, 0.2) is 0 Å². The number of nitrogens with one attached hydrogen (secondary N) is 1. The maximum absolute atomic E-state index is 11.7. The lowest BCUT2D eigenvalue weighted by atomic mass is 10.2. The largest absolute Gasteiger partial charge is 0.382 e. The summed E-state index contributed by atoms with van der Waals surface area (Å²) in [5.41, 5.74) is 7.13. The van der Waals surface area contributed by atoms with E-state index < -0.39 is 0 Å². The molecule has 0 saturated carbocycles. The van der Waals surface area contributed by atoms with Crippen molar-refractivity contribution in [3.05, 3.63) is 36.3 Å². The van der Waals surface area contributed by atoms with Crippen LogP contribution in [-0.2, 0) is 11.3 Å². The number of aromatic nitrogens is 3. The monoisotopic (exact) mass is 231 g/mol. The Morgan fingerprint density at radius 2 is 2.35 bits per heavy atom. The molecular formula is C11H13N5O. The number of aryl methyl sites for hydroxylation is 1. The minimum atomic E-state index is -0.163. The summed E-state index contributed by atoms with van der Waals surface area (Å²) in [6.45, 7) is 2.04. The fraction of sp³-hybridized carbons (Fsp3) is 0.182. The van der Waals surface area contributed by atoms with Crippen LogP contribution in [0, 0.1) is 6.92 Å². The van der Waals surface area contributed by atoms with Crippen LogP contribution in [0.1, 0.15) is 5.56 Å². The Hall–Kier alpha value is -2.37. The summed E-state index contributed by atoms with van der Waals surface area (Å²) in [6, 6.07) is 3.48. The fourth-order valence-electron chi connectivity index (χ4n) is 1.40. The molecule has 88 valence electrons. The second kappa shape index (κ2) is 4.65. The number of carbonyl (C=O) groups excluding carboxylic acids is 1. The minimum absolute atomic E-state index is 0.130. The number of nitrogens with two attached hydrogens (primary N) is 1. The van der Waals surface area contributed by atoms with Crippen LogP contribution in [0.4, 0.5) is 11.5 Å². The molecule has 3 N–H and O–H groups in total. The first-order chi connectivity index (χ1) is 8.15. The number of anilines is 2. The average molecular weight is 231 g/mol. The first-order valence-corrected chi connectivity index (χ1v) is 5.14. The molecule has 0 bridgehead atoms. The molecule has 0 aliphatic heterocycles. The molecule has 2 heterocycles. The molecule has 2 aromatic heterocycles. The number of carbonyl (C=O) groups is 1. The smallest absolute Gasteiger partial charge is 0.246 e. The van der Waals surface area contributed by atoms with Crippen molar-refractivity contribution in [1.82, 2.24) is 14.8 Å². The topological polar surface area (TPSA) is 85.8 Å². The molecule has 2 rings (SSSR count). The molecule has 6 nitrogen and oxygen atoms in total. The van der Waals surface area contributed by atoms with E-state index in [1.165, 1.54) is 4.68 Å². The molecule has 0 spiro atoms. The summed E-state index contributed by atoms with van der Waals surface area (Å²) >= 11 is 0. The molecule has 0 aliphatic rings. The summed E-state index contributed by atoms with van der Waals surface area (Å²) in [7, 11) is 0. The van der Waals surface area contributed by atoms with Crippen molar-refractivity contribution in [3.63, 3.8) is 0 Å². The summed E-state index contributed by atoms with van der Waals surface area (Å²) in [4.78, 5) is 15.7. The highest BCUT2D eigenvalue weighted by atomic mass is 16.2. The van der Waals surface area contributed by atoms with E-state index in [9.17, 15) is 4.79 Å². The van der Waals surface area contributed by atoms with Crippen LogP contribution in [0.25, 0.3) is 0 Å². The third-order valence-corrected chi connectivity index (χ3v) is 2.28. The molecule has 6 heteroatoms. The normalized spacial score (nSPS) is 10.2. The predicted molar refractivity (Wildman–Crippen MR) is 64.2 cm³/mol. The van der Waals surface area contributed by atoms with E-state index in [0.29, 0.717) is 11.5 Å². The maximum atomic E-state index is 11.7. The quantitative estimate of drug-likeness (QED) is 0.818. The number of nitrogens with zero attached hydrogens (tertiary/aromatic N) is 3. The Labute approximate surface area is 98.5 Å². The van der Waals surface area contributed by atoms with Crippen molar-refractivity contribution in [1.29, 1.82) is 0 Å². The zero-order chi connectivity index (χ0) is 12.3. The summed E-state index contributed by atoms with van der Waals surface area (Å²) in [5, 5.41) is 6.70. The van der Waals surface area contributed by atoms with E-state index in [0.717, 1.165) is 5.56 Å². The lowest BCUT2D eigenvalue weighted by molar-refractivity contribution is -0.116. The number of hydrogen-bond donors (Lipinski definition) is 2. The lowest BCUT2D eigenvalue weighted by Gasteiger charge is -2.07. The molecule has 0 unspecified atom stereocenters. The summed E-state index contributed by atoms with van der Waals surface area (Å²) in [5.74, 6) is 0.236. The number of nitrogen functional groups attached to an aromatic ring is 1. The minimum Gasteiger partial charge on any atom is -0.382 e. The van der Waals surface area contributed by atoms with E-state index in [4.69, 9.17) is 5.73 Å². The van der Waals surface area contributed by atoms with Crippen molar-refractivity contribution in [2.24, 2.45) is 0 Å². The van der Waals surface area contributed by atoms with Crippen molar-refractivity contribution in [3.8, 4) is 0 Å². The third-order valence-electron chi connectivity index (χ3n) is 2.28. The molecule has 17 heavy (non-hydrogen) atoms. The Kier molecular flexibility index (Phi) is 3.04. The van der Waals surface area contributed by atoms with Crippen molar-refractivity contribution in [2.75, 3.05) is 11.1 Å². The molecule has 0 aromatic carbocycles. The van der Waals surface area contributed by atoms with Crippen LogP contribution in [0.15, 0.2) is 30.7 Å². The van der Waals surface area contributed by atoms with Gasteiger partial charge in [0.2, 0.25) is 5.91 Å². The predicted octanol–water partition coefficient (Wildman–Crippen LogP) is 0.807. The zero-order valence-electron chi connectivity index (χ0n) is 9.42. The van der Waals surface area contributed by atoms with E-state index in [1.54, 1.807) is 24.7 Å². The van der Waals surface area contributed by atoms with E-state index in [2.05, 4.69) is 15.4 Å². The highest BCUT2D eigenvalue weighted by molar-refractivity contribution is 5.91. The van der Waals surface area contributed by atoms with Gasteiger partial charge in [-0.2, -0.15) is 5.10 Å². The van der Waals surface area contributed by atoms with Gasteiger partial charge in [0.25, 0.3) is 0 Å². The van der Waals surface area contributed by atoms with Gasteiger partial charge in [0.05, 0.1) is 11.9 Å². The van der Waals surface area contributed by atoms with E-state index >= 15 is 0 Å². The van der Waals surface area contributed by atoms with Crippen LogP contribution >= 0.6 is 0 Å². The second-order valence-electron chi connectivity index (χ2n) is 3.68. The van der Waals surface area contributed by atoms with Gasteiger partial charge in [-0.25, -0.2) is 0 Å². The highest BCUT2D eigenvalue weighted by Crippen LogP contribution is 2.11. The van der Waals surface area contributed by atoms with Gasteiger partial charge in [-0.1, -0.05) is 0 Å². The highest BCUT2D eigenvalue weighted by Gasteiger charge is 2.06. The molecule has 2 aromatic rings. The van der Waals surface area contributed by atoms with Crippen LogP contribution in [0.3, 0.4) is 0 Å². The zero-order valence-corrected chi connectivity index (χ0v) is 9.42. The molecular weight excluding hydrogens is 218 g/mol. The van der Waals surface area contributed by atoms with Crippen molar-refractivity contribution < 1.29 is 4.79 Å². The first kappa shape index (κ1) is 11.1. The second-order valence-corrected chi connectivity index (χ2v) is 3.68. The van der Waals surface area contributed by atoms with Crippen molar-refractivity contribution >= 4 is 17.4 Å². The average Bonchev–Trinajstić information content (AvgIpc) is 2.67. The molecule has 0 aliphatic carbocycles. The Bertz CT molecular complexity index is 534. The summed E-state index contributed by atoms with van der Waals surface area (Å²) < 4.78 is 1.48. The fourth-order valence-corrected chi connectivity index (χ4v) is 1.40. The van der Waals surface area contributed by atoms with Gasteiger partial charge in [0.1, 0.15) is 12.4 Å². The van der Waals surface area contributed by atoms with Gasteiger partial charge in [-0.3, -0.25) is 14.5 Å². The maximum Gasteiger partial charge on any atom is 0.246 e. The molecule has 1 amide bonds. The SMILES string of the molecule is Cc1ccncc1NC(=O)Cn1ccc(N)n1. The van der Waals surface area contributed by atoms with E-state index in [1.807, 2.05) is 13.0 Å². The summed E-state index contributed by atoms with van der Waals surface area (Å²) in [6.07, 6.45) is 4.95. The molecule has 0 fully saturated rings. The number of rotatable bonds is 3. The van der Waals surface area contributed by atoms with Gasteiger partial charge in [-0.15, -0.1) is 0 Å². The van der Waals surface area contributed by atoms with Crippen LogP contribution in [0.5, 0.6) is 0 Å². The first-order valence-electron chi connectivity index (χ1n) is 5.14. The van der Waals surface area contributed by atoms with E-state index in [-0.39, 0.29) is 12.5 Å². The Balaban J connectivity index is 2.01. The van der Waals surface area contributed by atoms with Gasteiger partial charge >= 0.3 is 0 Å². The molecule has 0 saturated heterocycles. The lowest BCUT2D eigenvalue weighted by Crippen LogP contribution is -2.19. The van der Waals surface area contributed by atoms with Crippen molar-refractivity contribution in [2.45, 2.75) is 13.5 Å². The number of hydrogen-bond acceptors (Lipinski definition) is 4. The van der Waals surface area contributed by atoms with Gasteiger partial charge in [-0.05, 0) is 24.6 Å². The number of amides is 1. The van der Waals surface area contributed by atoms with Gasteiger partial charge < -0.3 is 11.1 Å². The van der Waals surface area contributed by atoms with Crippen LogP contribution in [-0.4, -0.2) is 20.7 Å². The molecule has 0 atom stereocenters.